The Kier molecular flexibility index (Phi) is 3.66. The Morgan fingerprint density at radius 3 is 2.37 bits per heavy atom. The molecule has 0 bridgehead atoms. The fourth-order valence-corrected chi connectivity index (χ4v) is 1.33. The third-order valence-corrected chi connectivity index (χ3v) is 2.23. The van der Waals surface area contributed by atoms with Crippen LogP contribution in [0.2, 0.25) is 4.25 Å². The first kappa shape index (κ1) is 7.65. The summed E-state index contributed by atoms with van der Waals surface area (Å²) in [5.74, 6) is -2.38. The van der Waals surface area contributed by atoms with Gasteiger partial charge in [-0.2, -0.15) is 0 Å². The molecule has 104 valence electrons. The Morgan fingerprint density at radius 1 is 1.11 bits per heavy atom. The van der Waals surface area contributed by atoms with Crippen molar-refractivity contribution < 1.29 is 24.5 Å². The molecule has 0 saturated carbocycles. The number of carbonyl (C=O) groups excluding carboxylic acids is 2. The van der Waals surface area contributed by atoms with Gasteiger partial charge in [-0.25, -0.2) is 5.47 Å². The molecule has 0 aliphatic heterocycles. The summed E-state index contributed by atoms with van der Waals surface area (Å²) in [6.07, 6.45) is -5.17. The molecule has 0 aliphatic carbocycles. The van der Waals surface area contributed by atoms with Crippen molar-refractivity contribution in [2.24, 2.45) is 0 Å². The fraction of sp³-hybridized carbons (Fsp3) is 0.429. The fourth-order valence-electron chi connectivity index (χ4n) is 1.33. The second kappa shape index (κ2) is 9.10. The Balaban J connectivity index is 2.55. The summed E-state index contributed by atoms with van der Waals surface area (Å²) in [7, 11) is 0. The number of benzene rings is 1. The number of hydrogen-bond acceptors (Lipinski definition) is 3. The van der Waals surface area contributed by atoms with Crippen molar-refractivity contribution in [3.05, 3.63) is 30.3 Å². The molecule has 0 fully saturated rings. The number of hydrogen-bond donors (Lipinski definition) is 3. The maximum atomic E-state index is 12.2. The predicted octanol–water partition coefficient (Wildman–Crippen LogP) is 2.47. The van der Waals surface area contributed by atoms with E-state index in [4.69, 9.17) is 9.74 Å². The molecule has 0 aliphatic rings. The summed E-state index contributed by atoms with van der Waals surface area (Å²) in [5.41, 5.74) is -0.0464. The van der Waals surface area contributed by atoms with Crippen LogP contribution >= 0.6 is 0 Å². The molecule has 0 spiro atoms. The van der Waals surface area contributed by atoms with Gasteiger partial charge in [-0.05, 0) is 25.0 Å². The van der Waals surface area contributed by atoms with Gasteiger partial charge in [-0.3, -0.25) is 14.8 Å². The minimum atomic E-state index is -2.44. The van der Waals surface area contributed by atoms with E-state index in [2.05, 4.69) is 5.21 Å². The van der Waals surface area contributed by atoms with Gasteiger partial charge in [-0.1, -0.05) is 31.0 Å². The highest BCUT2D eigenvalue weighted by Crippen LogP contribution is 2.09. The molecule has 1 aromatic carbocycles. The van der Waals surface area contributed by atoms with Gasteiger partial charge >= 0.3 is 0 Å². The largest absolute Gasteiger partial charge is 0.326 e. The number of nitrogens with one attached hydrogen (secondary N) is 2. The van der Waals surface area contributed by atoms with Crippen LogP contribution in [0.4, 0.5) is 5.69 Å². The first-order valence-corrected chi connectivity index (χ1v) is 5.88. The molecule has 5 nitrogen and oxygen atoms in total. The van der Waals surface area contributed by atoms with Gasteiger partial charge in [0.15, 0.2) is 2.82 Å². The zero-order chi connectivity index (χ0) is 20.0. The predicted molar refractivity (Wildman–Crippen MR) is 72.7 cm³/mol. The van der Waals surface area contributed by atoms with E-state index in [-0.39, 0.29) is 36.8 Å². The van der Waals surface area contributed by atoms with E-state index in [9.17, 15) is 9.59 Å². The number of anilines is 1. The van der Waals surface area contributed by atoms with Gasteiger partial charge in [0, 0.05) is 23.9 Å². The van der Waals surface area contributed by atoms with E-state index in [1.54, 1.807) is 18.2 Å². The Labute approximate surface area is 123 Å². The maximum Gasteiger partial charge on any atom is 0.246 e. The summed E-state index contributed by atoms with van der Waals surface area (Å²) in [4.78, 5) is 23.7. The number of amides is 2. The van der Waals surface area contributed by atoms with Crippen LogP contribution in [0.25, 0.3) is 0 Å². The van der Waals surface area contributed by atoms with Crippen LogP contribution in [-0.4, -0.2) is 17.0 Å². The molecule has 1 aromatic rings. The lowest BCUT2D eigenvalue weighted by molar-refractivity contribution is -0.129. The topological polar surface area (TPSA) is 78.4 Å². The summed E-state index contributed by atoms with van der Waals surface area (Å²) in [5, 5.41) is 4.07. The third-order valence-electron chi connectivity index (χ3n) is 2.23. The molecule has 1 rings (SSSR count). The monoisotopic (exact) mass is 271 g/mol. The molecule has 2 amide bonds. The molecular weight excluding hydrogens is 244 g/mol. The van der Waals surface area contributed by atoms with Gasteiger partial charge in [0.1, 0.15) is 0 Å². The van der Waals surface area contributed by atoms with Crippen molar-refractivity contribution in [3.63, 3.8) is 0 Å². The summed E-state index contributed by atoms with van der Waals surface area (Å²) in [6, 6.07) is 7.95. The van der Waals surface area contributed by atoms with Crippen molar-refractivity contribution in [1.29, 1.82) is 0 Å². The second-order valence-electron chi connectivity index (χ2n) is 3.71. The molecule has 0 aromatic heterocycles. The van der Waals surface area contributed by atoms with Crippen molar-refractivity contribution in [2.75, 3.05) is 5.31 Å². The maximum absolute atomic E-state index is 12.2. The van der Waals surface area contributed by atoms with Crippen molar-refractivity contribution >= 4 is 17.5 Å². The van der Waals surface area contributed by atoms with E-state index in [1.807, 2.05) is 0 Å². The first-order valence-electron chi connectivity index (χ1n) is 9.18. The number of para-hydroxylation sites is 1. The molecular formula is C14H20N2O3. The van der Waals surface area contributed by atoms with Gasteiger partial charge in [-0.15, -0.1) is 0 Å². The average Bonchev–Trinajstić information content (AvgIpc) is 2.63. The van der Waals surface area contributed by atoms with Crippen LogP contribution in [0.3, 0.4) is 0 Å². The second-order valence-corrected chi connectivity index (χ2v) is 3.71. The van der Waals surface area contributed by atoms with Crippen LogP contribution < -0.4 is 10.8 Å². The number of carbonyl (C=O) groups is 2. The van der Waals surface area contributed by atoms with E-state index in [1.165, 1.54) is 12.1 Å². The smallest absolute Gasteiger partial charge is 0.246 e. The molecule has 5 heteroatoms. The molecule has 0 atom stereocenters. The number of unbranched alkanes of at least 4 members (excludes halogenated alkanes) is 1. The quantitative estimate of drug-likeness (QED) is 0.367. The lowest BCUT2D eigenvalue weighted by Gasteiger charge is -2.04. The Bertz CT molecular complexity index is 616. The SMILES string of the molecule is [2H]ON([2H])C(=O)C([2H])([2H])CCCCC([2H])([2H])C(=O)N([2H])c1ccccc1. The lowest BCUT2D eigenvalue weighted by atomic mass is 10.1. The zero-order valence-electron chi connectivity index (χ0n) is 17.3. The standard InChI is InChI=1S/C14H20N2O3/c17-13(15-12-8-4-3-5-9-12)10-6-1-2-7-11-14(18)16-19/h3-5,8-9,19H,1-2,6-7,10-11H2,(H,15,17)(H,16,18)/i10D2,11D2/hD3. The van der Waals surface area contributed by atoms with E-state index in [0.29, 0.717) is 5.31 Å². The van der Waals surface area contributed by atoms with Crippen LogP contribution in [-0.2, 0) is 9.59 Å². The zero-order valence-corrected chi connectivity index (χ0v) is 10.3. The molecule has 3 N–H and O–H groups in total. The van der Waals surface area contributed by atoms with Gasteiger partial charge < -0.3 is 5.31 Å². The van der Waals surface area contributed by atoms with Gasteiger partial charge in [0.05, 0.1) is 0 Å². The Hall–Kier alpha value is -1.88. The molecule has 0 unspecified atom stereocenters. The highest BCUT2D eigenvalue weighted by atomic mass is 16.5. The third kappa shape index (κ3) is 7.21. The highest BCUT2D eigenvalue weighted by molar-refractivity contribution is 5.90. The number of hydroxylamine groups is 1. The van der Waals surface area contributed by atoms with Crippen molar-refractivity contribution in [1.82, 2.24) is 5.47 Å². The first-order chi connectivity index (χ1) is 12.0. The number of rotatable bonds is 9. The average molecular weight is 271 g/mol. The van der Waals surface area contributed by atoms with Gasteiger partial charge in [0.2, 0.25) is 13.2 Å². The van der Waals surface area contributed by atoms with Crippen LogP contribution in [0.5, 0.6) is 0 Å². The molecule has 0 radical (unpaired) electrons. The molecule has 19 heavy (non-hydrogen) atoms. The van der Waals surface area contributed by atoms with Crippen molar-refractivity contribution in [3.8, 4) is 0 Å². The summed E-state index contributed by atoms with van der Waals surface area (Å²) < 4.78 is 51.9. The van der Waals surface area contributed by atoms with Crippen LogP contribution in [0, 0.1) is 0 Å². The minimum Gasteiger partial charge on any atom is -0.326 e. The minimum absolute atomic E-state index is 0.0701. The lowest BCUT2D eigenvalue weighted by Crippen LogP contribution is -2.17. The molecule has 0 saturated heterocycles. The Morgan fingerprint density at radius 2 is 1.74 bits per heavy atom. The van der Waals surface area contributed by atoms with E-state index in [0.717, 1.165) is 0 Å². The highest BCUT2D eigenvalue weighted by Gasteiger charge is 2.02. The summed E-state index contributed by atoms with van der Waals surface area (Å²) >= 11 is 0. The van der Waals surface area contributed by atoms with Crippen LogP contribution in [0.1, 0.15) is 43.9 Å². The normalized spacial score (nSPS) is 16.7. The summed E-state index contributed by atoms with van der Waals surface area (Å²) in [6.45, 7) is 0. The van der Waals surface area contributed by atoms with Gasteiger partial charge in [0.25, 0.3) is 0 Å². The van der Waals surface area contributed by atoms with Crippen LogP contribution in [0.15, 0.2) is 30.3 Å². The van der Waals surface area contributed by atoms with E-state index < -0.39 is 24.6 Å². The molecule has 0 heterocycles. The van der Waals surface area contributed by atoms with E-state index >= 15 is 0 Å². The van der Waals surface area contributed by atoms with Crippen molar-refractivity contribution in [2.45, 2.75) is 38.4 Å².